The topological polar surface area (TPSA) is 71.1 Å². The highest BCUT2D eigenvalue weighted by Gasteiger charge is 2.26. The van der Waals surface area contributed by atoms with Crippen LogP contribution in [0.1, 0.15) is 36.1 Å². The number of carbonyl (C=O) groups excluding carboxylic acids is 2. The zero-order chi connectivity index (χ0) is 21.0. The molecule has 152 valence electrons. The van der Waals surface area contributed by atoms with Crippen molar-refractivity contribution < 1.29 is 14.0 Å². The molecule has 3 aromatic rings. The maximum Gasteiger partial charge on any atom is 0.251 e. The molecule has 0 saturated heterocycles. The van der Waals surface area contributed by atoms with Crippen LogP contribution < -0.4 is 10.6 Å². The minimum absolute atomic E-state index is 0.103. The van der Waals surface area contributed by atoms with Gasteiger partial charge in [0.1, 0.15) is 11.9 Å². The van der Waals surface area contributed by atoms with Crippen molar-refractivity contribution in [2.75, 3.05) is 0 Å². The average Bonchev–Trinajstić information content (AvgIpc) is 3.08. The standard InChI is InChI=1S/C22H24FN3O2S/c1-13(2)20(26-21(27)15-8-10-16(23)11-9-15)22(28)24-14(3)12-19-25-17-6-4-5-7-18(17)29-19/h4-11,13-14,20H,12H2,1-3H3,(H,24,28)(H,26,27). The zero-order valence-electron chi connectivity index (χ0n) is 16.6. The lowest BCUT2D eigenvalue weighted by Crippen LogP contribution is -2.52. The SMILES string of the molecule is CC(Cc1nc2ccccc2s1)NC(=O)C(NC(=O)c1ccc(F)cc1)C(C)C. The van der Waals surface area contributed by atoms with Gasteiger partial charge in [0, 0.05) is 18.0 Å². The molecule has 3 rings (SSSR count). The minimum Gasteiger partial charge on any atom is -0.351 e. The van der Waals surface area contributed by atoms with Crippen molar-refractivity contribution in [1.82, 2.24) is 15.6 Å². The van der Waals surface area contributed by atoms with Gasteiger partial charge in [0.05, 0.1) is 15.2 Å². The Balaban J connectivity index is 1.62. The van der Waals surface area contributed by atoms with Crippen LogP contribution in [0.3, 0.4) is 0 Å². The van der Waals surface area contributed by atoms with E-state index in [4.69, 9.17) is 0 Å². The van der Waals surface area contributed by atoms with Gasteiger partial charge in [-0.1, -0.05) is 26.0 Å². The highest BCUT2D eigenvalue weighted by molar-refractivity contribution is 7.18. The quantitative estimate of drug-likeness (QED) is 0.616. The molecule has 0 spiro atoms. The number of benzene rings is 2. The Morgan fingerprint density at radius 3 is 2.38 bits per heavy atom. The van der Waals surface area contributed by atoms with Crippen molar-refractivity contribution in [3.63, 3.8) is 0 Å². The van der Waals surface area contributed by atoms with Gasteiger partial charge in [-0.25, -0.2) is 9.37 Å². The fourth-order valence-electron chi connectivity index (χ4n) is 3.01. The van der Waals surface area contributed by atoms with Gasteiger partial charge in [0.25, 0.3) is 5.91 Å². The Hall–Kier alpha value is -2.80. The molecular weight excluding hydrogens is 389 g/mol. The Morgan fingerprint density at radius 1 is 1.03 bits per heavy atom. The van der Waals surface area contributed by atoms with Crippen LogP contribution in [0.5, 0.6) is 0 Å². The second-order valence-electron chi connectivity index (χ2n) is 7.39. The van der Waals surface area contributed by atoms with Crippen LogP contribution in [-0.2, 0) is 11.2 Å². The fraction of sp³-hybridized carbons (Fsp3) is 0.318. The van der Waals surface area contributed by atoms with E-state index in [1.54, 1.807) is 11.3 Å². The Bertz CT molecular complexity index is 968. The molecule has 0 saturated carbocycles. The molecule has 1 heterocycles. The molecule has 2 atom stereocenters. The van der Waals surface area contributed by atoms with Crippen LogP contribution in [-0.4, -0.2) is 28.9 Å². The molecule has 1 aromatic heterocycles. The van der Waals surface area contributed by atoms with Crippen LogP contribution >= 0.6 is 11.3 Å². The summed E-state index contributed by atoms with van der Waals surface area (Å²) >= 11 is 1.61. The number of thiazole rings is 1. The van der Waals surface area contributed by atoms with E-state index in [-0.39, 0.29) is 17.9 Å². The molecule has 29 heavy (non-hydrogen) atoms. The minimum atomic E-state index is -0.689. The molecule has 0 aliphatic carbocycles. The molecule has 5 nitrogen and oxygen atoms in total. The second-order valence-corrected chi connectivity index (χ2v) is 8.51. The third-order valence-corrected chi connectivity index (χ3v) is 5.61. The number of hydrogen-bond acceptors (Lipinski definition) is 4. The summed E-state index contributed by atoms with van der Waals surface area (Å²) in [5, 5.41) is 6.68. The largest absolute Gasteiger partial charge is 0.351 e. The number of fused-ring (bicyclic) bond motifs is 1. The summed E-state index contributed by atoms with van der Waals surface area (Å²) in [7, 11) is 0. The maximum atomic E-state index is 13.1. The van der Waals surface area contributed by atoms with Gasteiger partial charge in [-0.3, -0.25) is 9.59 Å². The van der Waals surface area contributed by atoms with Crippen LogP contribution in [0.25, 0.3) is 10.2 Å². The van der Waals surface area contributed by atoms with Crippen LogP contribution in [0, 0.1) is 11.7 Å². The van der Waals surface area contributed by atoms with E-state index in [1.165, 1.54) is 24.3 Å². The number of nitrogens with one attached hydrogen (secondary N) is 2. The molecule has 2 aromatic carbocycles. The Labute approximate surface area is 173 Å². The van der Waals surface area contributed by atoms with E-state index in [0.717, 1.165) is 15.2 Å². The maximum absolute atomic E-state index is 13.1. The molecular formula is C22H24FN3O2S. The second kappa shape index (κ2) is 9.13. The molecule has 2 amide bonds. The van der Waals surface area contributed by atoms with Gasteiger partial charge in [0.2, 0.25) is 5.91 Å². The van der Waals surface area contributed by atoms with Crippen LogP contribution in [0.15, 0.2) is 48.5 Å². The first-order chi connectivity index (χ1) is 13.8. The Morgan fingerprint density at radius 2 is 1.72 bits per heavy atom. The molecule has 2 N–H and O–H groups in total. The number of rotatable bonds is 7. The summed E-state index contributed by atoms with van der Waals surface area (Å²) in [6.07, 6.45) is 0.613. The number of hydrogen-bond donors (Lipinski definition) is 2. The van der Waals surface area contributed by atoms with Crippen molar-refractivity contribution in [2.24, 2.45) is 5.92 Å². The van der Waals surface area contributed by atoms with E-state index < -0.39 is 17.8 Å². The van der Waals surface area contributed by atoms with Crippen LogP contribution in [0.2, 0.25) is 0 Å². The normalized spacial score (nSPS) is 13.3. The van der Waals surface area contributed by atoms with Crippen molar-refractivity contribution in [1.29, 1.82) is 0 Å². The number of aromatic nitrogens is 1. The highest BCUT2D eigenvalue weighted by atomic mass is 32.1. The summed E-state index contributed by atoms with van der Waals surface area (Å²) in [6, 6.07) is 12.3. The van der Waals surface area contributed by atoms with Crippen molar-refractivity contribution in [3.05, 3.63) is 64.9 Å². The number of amides is 2. The molecule has 0 fully saturated rings. The smallest absolute Gasteiger partial charge is 0.251 e. The molecule has 7 heteroatoms. The van der Waals surface area contributed by atoms with Crippen LogP contribution in [0.4, 0.5) is 4.39 Å². The third kappa shape index (κ3) is 5.38. The lowest BCUT2D eigenvalue weighted by molar-refractivity contribution is -0.124. The van der Waals surface area contributed by atoms with E-state index >= 15 is 0 Å². The Kier molecular flexibility index (Phi) is 6.59. The zero-order valence-corrected chi connectivity index (χ0v) is 17.4. The number of nitrogens with zero attached hydrogens (tertiary/aromatic N) is 1. The van der Waals surface area contributed by atoms with E-state index in [1.807, 2.05) is 45.0 Å². The van der Waals surface area contributed by atoms with Gasteiger partial charge in [-0.15, -0.1) is 11.3 Å². The first-order valence-corrected chi connectivity index (χ1v) is 10.4. The predicted octanol–water partition coefficient (Wildman–Crippen LogP) is 3.94. The van der Waals surface area contributed by atoms with E-state index in [2.05, 4.69) is 15.6 Å². The van der Waals surface area contributed by atoms with Gasteiger partial charge in [-0.05, 0) is 49.2 Å². The van der Waals surface area contributed by atoms with Crippen molar-refractivity contribution in [3.8, 4) is 0 Å². The lowest BCUT2D eigenvalue weighted by atomic mass is 10.0. The van der Waals surface area contributed by atoms with Gasteiger partial charge < -0.3 is 10.6 Å². The van der Waals surface area contributed by atoms with Gasteiger partial charge in [-0.2, -0.15) is 0 Å². The summed E-state index contributed by atoms with van der Waals surface area (Å²) in [6.45, 7) is 5.66. The molecule has 0 aliphatic heterocycles. The van der Waals surface area contributed by atoms with Gasteiger partial charge >= 0.3 is 0 Å². The average molecular weight is 414 g/mol. The monoisotopic (exact) mass is 413 g/mol. The molecule has 0 aliphatic rings. The van der Waals surface area contributed by atoms with E-state index in [9.17, 15) is 14.0 Å². The number of carbonyl (C=O) groups is 2. The van der Waals surface area contributed by atoms with Crippen molar-refractivity contribution in [2.45, 2.75) is 39.3 Å². The summed E-state index contributed by atoms with van der Waals surface area (Å²) in [5.74, 6) is -1.17. The van der Waals surface area contributed by atoms with E-state index in [0.29, 0.717) is 12.0 Å². The molecule has 2 unspecified atom stereocenters. The summed E-state index contributed by atoms with van der Waals surface area (Å²) in [4.78, 5) is 29.8. The van der Waals surface area contributed by atoms with Gasteiger partial charge in [0.15, 0.2) is 0 Å². The highest BCUT2D eigenvalue weighted by Crippen LogP contribution is 2.22. The third-order valence-electron chi connectivity index (χ3n) is 4.55. The number of halogens is 1. The summed E-state index contributed by atoms with van der Waals surface area (Å²) < 4.78 is 14.2. The first-order valence-electron chi connectivity index (χ1n) is 9.54. The fourth-order valence-corrected chi connectivity index (χ4v) is 4.11. The number of para-hydroxylation sites is 1. The molecule has 0 radical (unpaired) electrons. The predicted molar refractivity (Wildman–Crippen MR) is 113 cm³/mol. The first kappa shape index (κ1) is 20.9. The molecule has 0 bridgehead atoms. The summed E-state index contributed by atoms with van der Waals surface area (Å²) in [5.41, 5.74) is 1.27. The lowest BCUT2D eigenvalue weighted by Gasteiger charge is -2.24. The van der Waals surface area contributed by atoms with Crippen molar-refractivity contribution >= 4 is 33.4 Å².